The molecule has 0 N–H and O–H groups in total. The Morgan fingerprint density at radius 3 is 2.64 bits per heavy atom. The van der Waals surface area contributed by atoms with Crippen molar-refractivity contribution in [2.24, 2.45) is 4.99 Å². The number of hydrogen-bond donors (Lipinski definition) is 0. The van der Waals surface area contributed by atoms with Crippen LogP contribution in [0, 0.1) is 0 Å². The Balaban J connectivity index is 1.73. The van der Waals surface area contributed by atoms with Crippen molar-refractivity contribution in [3.8, 4) is 5.75 Å². The van der Waals surface area contributed by atoms with E-state index in [4.69, 9.17) is 9.73 Å². The summed E-state index contributed by atoms with van der Waals surface area (Å²) in [6.45, 7) is 2.62. The number of benzene rings is 2. The molecule has 2 heterocycles. The minimum absolute atomic E-state index is 0.111. The molecule has 0 bridgehead atoms. The van der Waals surface area contributed by atoms with Crippen molar-refractivity contribution in [1.29, 1.82) is 0 Å². The Kier molecular flexibility index (Phi) is 4.32. The first-order valence-corrected chi connectivity index (χ1v) is 9.28. The number of ether oxygens (including phenoxy) is 1. The van der Waals surface area contributed by atoms with Crippen molar-refractivity contribution in [2.75, 3.05) is 12.4 Å². The standard InChI is InChI=1S/C20H18N2O2S/c1-2-24-16-10-8-14(9-11-16)17-12-18(15-6-4-3-5-7-15)22-19(23)13-25-20(22)21-17/h3-12,18H,2,13H2,1H3/t18-/m1/s1. The average molecular weight is 350 g/mol. The molecule has 4 nitrogen and oxygen atoms in total. The third-order valence-corrected chi connectivity index (χ3v) is 5.15. The summed E-state index contributed by atoms with van der Waals surface area (Å²) in [4.78, 5) is 18.9. The van der Waals surface area contributed by atoms with Gasteiger partial charge in [-0.15, -0.1) is 0 Å². The maximum Gasteiger partial charge on any atom is 0.239 e. The van der Waals surface area contributed by atoms with E-state index in [0.29, 0.717) is 12.4 Å². The second-order valence-electron chi connectivity index (χ2n) is 5.81. The van der Waals surface area contributed by atoms with Gasteiger partial charge in [-0.2, -0.15) is 0 Å². The van der Waals surface area contributed by atoms with Crippen LogP contribution in [0.15, 0.2) is 65.7 Å². The molecule has 1 saturated heterocycles. The van der Waals surface area contributed by atoms with Gasteiger partial charge < -0.3 is 4.74 Å². The number of aliphatic imine (C=N–C) groups is 1. The minimum Gasteiger partial charge on any atom is -0.494 e. The van der Waals surface area contributed by atoms with E-state index in [0.717, 1.165) is 27.7 Å². The molecule has 2 aromatic carbocycles. The molecule has 2 aromatic rings. The number of thioether (sulfide) groups is 1. The summed E-state index contributed by atoms with van der Waals surface area (Å²) in [6.07, 6.45) is 2.07. The van der Waals surface area contributed by atoms with Gasteiger partial charge in [-0.1, -0.05) is 42.1 Å². The van der Waals surface area contributed by atoms with Crippen LogP contribution in [0.1, 0.15) is 24.1 Å². The highest BCUT2D eigenvalue weighted by molar-refractivity contribution is 8.15. The Labute approximate surface area is 151 Å². The maximum atomic E-state index is 12.3. The van der Waals surface area contributed by atoms with Gasteiger partial charge in [0.2, 0.25) is 5.91 Å². The molecule has 0 unspecified atom stereocenters. The molecule has 0 spiro atoms. The number of hydrogen-bond acceptors (Lipinski definition) is 4. The molecule has 1 amide bonds. The Morgan fingerprint density at radius 1 is 1.16 bits per heavy atom. The van der Waals surface area contributed by atoms with Crippen molar-refractivity contribution in [2.45, 2.75) is 13.0 Å². The molecule has 1 atom stereocenters. The fraction of sp³-hybridized carbons (Fsp3) is 0.200. The van der Waals surface area contributed by atoms with Crippen LogP contribution in [0.5, 0.6) is 5.75 Å². The number of amidine groups is 1. The highest BCUT2D eigenvalue weighted by Crippen LogP contribution is 2.38. The molecular weight excluding hydrogens is 332 g/mol. The molecule has 0 aliphatic carbocycles. The van der Waals surface area contributed by atoms with E-state index < -0.39 is 0 Å². The van der Waals surface area contributed by atoms with Gasteiger partial charge >= 0.3 is 0 Å². The smallest absolute Gasteiger partial charge is 0.239 e. The first kappa shape index (κ1) is 16.0. The number of rotatable bonds is 4. The minimum atomic E-state index is -0.113. The molecule has 4 rings (SSSR count). The third-order valence-electron chi connectivity index (χ3n) is 4.21. The van der Waals surface area contributed by atoms with Gasteiger partial charge in [-0.05, 0) is 42.8 Å². The largest absolute Gasteiger partial charge is 0.494 e. The van der Waals surface area contributed by atoms with E-state index in [-0.39, 0.29) is 11.9 Å². The lowest BCUT2D eigenvalue weighted by atomic mass is 10.0. The van der Waals surface area contributed by atoms with E-state index in [1.807, 2.05) is 49.4 Å². The predicted molar refractivity (Wildman–Crippen MR) is 102 cm³/mol. The molecule has 0 radical (unpaired) electrons. The van der Waals surface area contributed by atoms with Gasteiger partial charge in [0, 0.05) is 5.56 Å². The van der Waals surface area contributed by atoms with Crippen molar-refractivity contribution in [3.05, 3.63) is 71.8 Å². The van der Waals surface area contributed by atoms with Crippen LogP contribution >= 0.6 is 11.8 Å². The van der Waals surface area contributed by atoms with Crippen molar-refractivity contribution in [3.63, 3.8) is 0 Å². The summed E-state index contributed by atoms with van der Waals surface area (Å²) in [5.74, 6) is 1.41. The van der Waals surface area contributed by atoms with E-state index in [1.165, 1.54) is 11.8 Å². The highest BCUT2D eigenvalue weighted by atomic mass is 32.2. The normalized spacial score (nSPS) is 19.3. The summed E-state index contributed by atoms with van der Waals surface area (Å²) in [6, 6.07) is 17.9. The number of amides is 1. The molecule has 0 saturated carbocycles. The number of carbonyl (C=O) groups is 1. The van der Waals surface area contributed by atoms with Gasteiger partial charge in [0.25, 0.3) is 0 Å². The lowest BCUT2D eigenvalue weighted by Gasteiger charge is -2.29. The molecule has 126 valence electrons. The van der Waals surface area contributed by atoms with Crippen LogP contribution in [-0.4, -0.2) is 28.3 Å². The van der Waals surface area contributed by atoms with Crippen LogP contribution in [0.4, 0.5) is 0 Å². The molecule has 0 aromatic heterocycles. The number of fused-ring (bicyclic) bond motifs is 1. The number of carbonyl (C=O) groups excluding carboxylic acids is 1. The Hall–Kier alpha value is -2.53. The SMILES string of the molecule is CCOc1ccc(C2=C[C@H](c3ccccc3)N3C(=O)CSC3=N2)cc1. The second-order valence-corrected chi connectivity index (χ2v) is 6.75. The van der Waals surface area contributed by atoms with E-state index in [9.17, 15) is 4.79 Å². The van der Waals surface area contributed by atoms with Crippen molar-refractivity contribution < 1.29 is 9.53 Å². The van der Waals surface area contributed by atoms with Gasteiger partial charge in [-0.25, -0.2) is 4.99 Å². The second kappa shape index (κ2) is 6.76. The van der Waals surface area contributed by atoms with E-state index >= 15 is 0 Å². The third kappa shape index (κ3) is 3.07. The summed E-state index contributed by atoms with van der Waals surface area (Å²) in [5.41, 5.74) is 3.01. The highest BCUT2D eigenvalue weighted by Gasteiger charge is 2.37. The molecule has 1 fully saturated rings. The van der Waals surface area contributed by atoms with Crippen LogP contribution in [0.2, 0.25) is 0 Å². The Morgan fingerprint density at radius 2 is 1.92 bits per heavy atom. The average Bonchev–Trinajstić information content (AvgIpc) is 3.04. The molecule has 2 aliphatic heterocycles. The summed E-state index contributed by atoms with van der Waals surface area (Å²) >= 11 is 1.50. The topological polar surface area (TPSA) is 41.9 Å². The predicted octanol–water partition coefficient (Wildman–Crippen LogP) is 4.11. The first-order chi connectivity index (χ1) is 12.3. The lowest BCUT2D eigenvalue weighted by molar-refractivity contribution is -0.125. The van der Waals surface area contributed by atoms with Gasteiger partial charge in [0.05, 0.1) is 24.1 Å². The summed E-state index contributed by atoms with van der Waals surface area (Å²) in [7, 11) is 0. The first-order valence-electron chi connectivity index (χ1n) is 8.30. The van der Waals surface area contributed by atoms with Crippen LogP contribution < -0.4 is 4.74 Å². The summed E-state index contributed by atoms with van der Waals surface area (Å²) in [5, 5.41) is 0.783. The molecule has 25 heavy (non-hydrogen) atoms. The van der Waals surface area contributed by atoms with Crippen LogP contribution in [0.25, 0.3) is 5.70 Å². The van der Waals surface area contributed by atoms with Gasteiger partial charge in [0.15, 0.2) is 5.17 Å². The lowest BCUT2D eigenvalue weighted by Crippen LogP contribution is -2.34. The Bertz CT molecular complexity index is 844. The van der Waals surface area contributed by atoms with Gasteiger partial charge in [-0.3, -0.25) is 9.69 Å². The van der Waals surface area contributed by atoms with Crippen LogP contribution in [-0.2, 0) is 4.79 Å². The van der Waals surface area contributed by atoms with E-state index in [2.05, 4.69) is 18.2 Å². The zero-order chi connectivity index (χ0) is 17.2. The zero-order valence-corrected chi connectivity index (χ0v) is 14.7. The van der Waals surface area contributed by atoms with Crippen molar-refractivity contribution in [1.82, 2.24) is 4.90 Å². The van der Waals surface area contributed by atoms with E-state index in [1.54, 1.807) is 4.90 Å². The fourth-order valence-electron chi connectivity index (χ4n) is 3.04. The van der Waals surface area contributed by atoms with Crippen LogP contribution in [0.3, 0.4) is 0 Å². The zero-order valence-electron chi connectivity index (χ0n) is 13.9. The monoisotopic (exact) mass is 350 g/mol. The fourth-order valence-corrected chi connectivity index (χ4v) is 3.95. The summed E-state index contributed by atoms with van der Waals surface area (Å²) < 4.78 is 5.51. The quantitative estimate of drug-likeness (QED) is 0.833. The maximum absolute atomic E-state index is 12.3. The molecule has 5 heteroatoms. The molecular formula is C20H18N2O2S. The van der Waals surface area contributed by atoms with Gasteiger partial charge in [0.1, 0.15) is 5.75 Å². The number of nitrogens with zero attached hydrogens (tertiary/aromatic N) is 2. The molecule has 2 aliphatic rings. The van der Waals surface area contributed by atoms with Crippen molar-refractivity contribution >= 4 is 28.5 Å².